The van der Waals surface area contributed by atoms with Crippen molar-refractivity contribution in [3.05, 3.63) is 47.8 Å². The molecule has 2 aliphatic rings. The number of hydrogen-bond acceptors (Lipinski definition) is 6. The number of guanidine groups is 1. The minimum atomic E-state index is -0.0503. The number of hydrogen-bond donors (Lipinski definition) is 1. The summed E-state index contributed by atoms with van der Waals surface area (Å²) in [6, 6.07) is 8.31. The van der Waals surface area contributed by atoms with Crippen LogP contribution >= 0.6 is 24.0 Å². The van der Waals surface area contributed by atoms with Gasteiger partial charge in [-0.2, -0.15) is 0 Å². The monoisotopic (exact) mass is 566 g/mol. The first-order valence-electron chi connectivity index (χ1n) is 11.4. The molecule has 9 heteroatoms. The number of halogens is 1. The van der Waals surface area contributed by atoms with Crippen molar-refractivity contribution in [3.8, 4) is 5.75 Å². The molecule has 0 unspecified atom stereocenters. The molecule has 0 amide bonds. The number of nitrogens with one attached hydrogen (secondary N) is 1. The van der Waals surface area contributed by atoms with E-state index in [2.05, 4.69) is 55.2 Å². The van der Waals surface area contributed by atoms with Gasteiger partial charge in [0.05, 0.1) is 7.11 Å². The maximum Gasteiger partial charge on any atom is 0.225 e. The van der Waals surface area contributed by atoms with Gasteiger partial charge in [0.25, 0.3) is 0 Å². The van der Waals surface area contributed by atoms with Crippen LogP contribution in [0.5, 0.6) is 5.75 Å². The first-order chi connectivity index (χ1) is 15.6. The van der Waals surface area contributed by atoms with E-state index in [1.54, 1.807) is 19.5 Å². The van der Waals surface area contributed by atoms with Crippen molar-refractivity contribution in [2.75, 3.05) is 65.0 Å². The summed E-state index contributed by atoms with van der Waals surface area (Å²) < 4.78 is 11.5. The molecule has 0 radical (unpaired) electrons. The maximum absolute atomic E-state index is 5.76. The van der Waals surface area contributed by atoms with E-state index in [-0.39, 0.29) is 29.4 Å². The Balaban J connectivity index is 0.00000306. The molecule has 2 fully saturated rings. The Morgan fingerprint density at radius 2 is 1.85 bits per heavy atom. The van der Waals surface area contributed by atoms with Gasteiger partial charge in [0.15, 0.2) is 5.96 Å². The molecular weight excluding hydrogens is 531 g/mol. The van der Waals surface area contributed by atoms with Crippen molar-refractivity contribution in [1.29, 1.82) is 0 Å². The second-order valence-electron chi connectivity index (χ2n) is 8.52. The lowest BCUT2D eigenvalue weighted by Crippen LogP contribution is -2.55. The normalized spacial score (nSPS) is 18.5. The van der Waals surface area contributed by atoms with E-state index in [0.29, 0.717) is 0 Å². The van der Waals surface area contributed by atoms with Crippen LogP contribution < -0.4 is 15.0 Å². The summed E-state index contributed by atoms with van der Waals surface area (Å²) in [7, 11) is 3.61. The van der Waals surface area contributed by atoms with Crippen molar-refractivity contribution in [3.63, 3.8) is 0 Å². The second-order valence-corrected chi connectivity index (χ2v) is 8.52. The summed E-state index contributed by atoms with van der Waals surface area (Å²) in [5, 5.41) is 3.69. The SMILES string of the molecule is CN=C(NCC1(c2cc(C)ccc2OC)CCOCC1)N1CCN(c2ncccn2)CC1.I. The van der Waals surface area contributed by atoms with Gasteiger partial charge in [-0.1, -0.05) is 17.7 Å². The van der Waals surface area contributed by atoms with Gasteiger partial charge < -0.3 is 24.6 Å². The zero-order chi connectivity index (χ0) is 22.4. The Kier molecular flexibility index (Phi) is 9.13. The summed E-state index contributed by atoms with van der Waals surface area (Å²) in [5.74, 6) is 2.68. The molecule has 1 aromatic heterocycles. The van der Waals surface area contributed by atoms with Crippen molar-refractivity contribution < 1.29 is 9.47 Å². The van der Waals surface area contributed by atoms with Crippen LogP contribution in [-0.4, -0.2) is 80.9 Å². The minimum Gasteiger partial charge on any atom is -0.496 e. The third kappa shape index (κ3) is 5.87. The number of anilines is 1. The van der Waals surface area contributed by atoms with Crippen molar-refractivity contribution in [2.24, 2.45) is 4.99 Å². The van der Waals surface area contributed by atoms with Gasteiger partial charge in [-0.25, -0.2) is 9.97 Å². The van der Waals surface area contributed by atoms with E-state index in [9.17, 15) is 0 Å². The molecular formula is C24H35IN6O2. The van der Waals surface area contributed by atoms with Crippen LogP contribution in [0.25, 0.3) is 0 Å². The number of benzene rings is 1. The Hall–Kier alpha value is -2.14. The average Bonchev–Trinajstić information content (AvgIpc) is 2.86. The number of piperazine rings is 1. The van der Waals surface area contributed by atoms with E-state index in [1.807, 2.05) is 13.1 Å². The fourth-order valence-electron chi connectivity index (χ4n) is 4.69. The number of aliphatic imine (C=N–C) groups is 1. The standard InChI is InChI=1S/C24H34N6O2.HI/c1-19-5-6-21(31-3)20(17-19)24(7-15-32-16-8-24)18-28-22(25-2)29-11-13-30(14-12-29)23-26-9-4-10-27-23;/h4-6,9-10,17H,7-8,11-16,18H2,1-3H3,(H,25,28);1H. The van der Waals surface area contributed by atoms with Crippen LogP contribution in [0.4, 0.5) is 5.95 Å². The quantitative estimate of drug-likeness (QED) is 0.339. The highest BCUT2D eigenvalue weighted by atomic mass is 127. The van der Waals surface area contributed by atoms with Crippen LogP contribution in [0.2, 0.25) is 0 Å². The summed E-state index contributed by atoms with van der Waals surface area (Å²) in [5.41, 5.74) is 2.46. The number of ether oxygens (including phenoxy) is 2. The summed E-state index contributed by atoms with van der Waals surface area (Å²) in [6.07, 6.45) is 5.50. The van der Waals surface area contributed by atoms with Crippen LogP contribution in [0.15, 0.2) is 41.7 Å². The zero-order valence-corrected chi connectivity index (χ0v) is 22.1. The molecule has 0 bridgehead atoms. The lowest BCUT2D eigenvalue weighted by atomic mass is 9.73. The Morgan fingerprint density at radius 1 is 1.15 bits per heavy atom. The number of rotatable bonds is 5. The molecule has 8 nitrogen and oxygen atoms in total. The molecule has 0 aliphatic carbocycles. The predicted octanol–water partition coefficient (Wildman–Crippen LogP) is 2.86. The summed E-state index contributed by atoms with van der Waals surface area (Å²) in [6.45, 7) is 7.94. The number of aromatic nitrogens is 2. The number of methoxy groups -OCH3 is 1. The van der Waals surface area contributed by atoms with Gasteiger partial charge in [0.2, 0.25) is 5.95 Å². The third-order valence-electron chi connectivity index (χ3n) is 6.59. The lowest BCUT2D eigenvalue weighted by molar-refractivity contribution is 0.0503. The van der Waals surface area contributed by atoms with Gasteiger partial charge in [0.1, 0.15) is 5.75 Å². The van der Waals surface area contributed by atoms with Gasteiger partial charge in [-0.3, -0.25) is 4.99 Å². The molecule has 0 spiro atoms. The molecule has 2 saturated heterocycles. The molecule has 2 aliphatic heterocycles. The van der Waals surface area contributed by atoms with Gasteiger partial charge in [0, 0.05) is 76.4 Å². The van der Waals surface area contributed by atoms with Gasteiger partial charge in [-0.05, 0) is 31.9 Å². The first kappa shape index (κ1) is 25.5. The van der Waals surface area contributed by atoms with E-state index in [0.717, 1.165) is 76.4 Å². The topological polar surface area (TPSA) is 75.1 Å². The predicted molar refractivity (Wildman–Crippen MR) is 142 cm³/mol. The van der Waals surface area contributed by atoms with Gasteiger partial charge >= 0.3 is 0 Å². The molecule has 180 valence electrons. The molecule has 1 N–H and O–H groups in total. The lowest BCUT2D eigenvalue weighted by Gasteiger charge is -2.41. The number of nitrogens with zero attached hydrogens (tertiary/aromatic N) is 5. The van der Waals surface area contributed by atoms with Crippen LogP contribution in [-0.2, 0) is 10.2 Å². The van der Waals surface area contributed by atoms with E-state index in [4.69, 9.17) is 9.47 Å². The van der Waals surface area contributed by atoms with Crippen molar-refractivity contribution in [2.45, 2.75) is 25.2 Å². The molecule has 4 rings (SSSR count). The highest BCUT2D eigenvalue weighted by Crippen LogP contribution is 2.40. The van der Waals surface area contributed by atoms with E-state index < -0.39 is 0 Å². The van der Waals surface area contributed by atoms with E-state index >= 15 is 0 Å². The first-order valence-corrected chi connectivity index (χ1v) is 11.4. The molecule has 3 heterocycles. The molecule has 0 saturated carbocycles. The fraction of sp³-hybridized carbons (Fsp3) is 0.542. The van der Waals surface area contributed by atoms with E-state index in [1.165, 1.54) is 11.1 Å². The average molecular weight is 566 g/mol. The molecule has 2 aromatic rings. The van der Waals surface area contributed by atoms with Crippen molar-refractivity contribution >= 4 is 35.9 Å². The Morgan fingerprint density at radius 3 is 2.48 bits per heavy atom. The highest BCUT2D eigenvalue weighted by Gasteiger charge is 2.37. The van der Waals surface area contributed by atoms with Crippen LogP contribution in [0, 0.1) is 6.92 Å². The Labute approximate surface area is 213 Å². The maximum atomic E-state index is 5.76. The largest absolute Gasteiger partial charge is 0.496 e. The number of aryl methyl sites for hydroxylation is 1. The van der Waals surface area contributed by atoms with Crippen LogP contribution in [0.3, 0.4) is 0 Å². The zero-order valence-electron chi connectivity index (χ0n) is 19.8. The second kappa shape index (κ2) is 11.8. The smallest absolute Gasteiger partial charge is 0.225 e. The molecule has 33 heavy (non-hydrogen) atoms. The molecule has 0 atom stereocenters. The molecule has 1 aromatic carbocycles. The third-order valence-corrected chi connectivity index (χ3v) is 6.59. The fourth-order valence-corrected chi connectivity index (χ4v) is 4.69. The van der Waals surface area contributed by atoms with Crippen LogP contribution in [0.1, 0.15) is 24.0 Å². The summed E-state index contributed by atoms with van der Waals surface area (Å²) >= 11 is 0. The van der Waals surface area contributed by atoms with Crippen molar-refractivity contribution in [1.82, 2.24) is 20.2 Å². The summed E-state index contributed by atoms with van der Waals surface area (Å²) in [4.78, 5) is 17.9. The highest BCUT2D eigenvalue weighted by molar-refractivity contribution is 14.0. The Bertz CT molecular complexity index is 912. The van der Waals surface area contributed by atoms with Gasteiger partial charge in [-0.15, -0.1) is 24.0 Å². The minimum absolute atomic E-state index is 0.